The van der Waals surface area contributed by atoms with Gasteiger partial charge in [-0.05, 0) is 24.6 Å². The number of nitrogens with one attached hydrogen (secondary N) is 1. The third-order valence-corrected chi connectivity index (χ3v) is 4.54. The van der Waals surface area contributed by atoms with E-state index < -0.39 is 5.79 Å². The van der Waals surface area contributed by atoms with E-state index >= 15 is 0 Å². The molecule has 5 heteroatoms. The first-order valence-corrected chi connectivity index (χ1v) is 8.07. The van der Waals surface area contributed by atoms with Crippen LogP contribution in [-0.4, -0.2) is 18.2 Å². The van der Waals surface area contributed by atoms with Crippen LogP contribution in [-0.2, 0) is 28.2 Å². The number of pyridine rings is 1. The van der Waals surface area contributed by atoms with Crippen LogP contribution < -0.4 is 17.0 Å². The van der Waals surface area contributed by atoms with Gasteiger partial charge in [-0.1, -0.05) is 18.2 Å². The van der Waals surface area contributed by atoms with Crippen molar-refractivity contribution in [3.8, 4) is 0 Å². The topological polar surface area (TPSA) is 38.1 Å². The molecule has 1 saturated heterocycles. The molecule has 0 radical (unpaired) electrons. The monoisotopic (exact) mass is 344 g/mol. The molecule has 126 valence electrons. The molecule has 0 aliphatic carbocycles. The molecule has 2 aromatic heterocycles. The zero-order valence-electron chi connectivity index (χ0n) is 13.7. The highest BCUT2D eigenvalue weighted by Gasteiger charge is 2.34. The molecule has 1 aromatic carbocycles. The number of hydrogen-bond acceptors (Lipinski definition) is 2. The smallest absolute Gasteiger partial charge is 0.197 e. The molecule has 3 heterocycles. The van der Waals surface area contributed by atoms with Crippen molar-refractivity contribution in [1.82, 2.24) is 4.98 Å². The number of aryl methyl sites for hydroxylation is 2. The highest BCUT2D eigenvalue weighted by atomic mass is 35.5. The lowest BCUT2D eigenvalue weighted by Crippen LogP contribution is -3.00. The Balaban J connectivity index is 0.00000169. The van der Waals surface area contributed by atoms with E-state index in [9.17, 15) is 0 Å². The molecular formula is C19H21ClN2O2. The lowest BCUT2D eigenvalue weighted by molar-refractivity contribution is -0.697. The predicted octanol–water partition coefficient (Wildman–Crippen LogP) is -0.0784. The molecular weight excluding hydrogens is 324 g/mol. The molecule has 4 rings (SSSR count). The number of H-pyrrole nitrogens is 1. The average Bonchev–Trinajstić information content (AvgIpc) is 3.21. The van der Waals surface area contributed by atoms with Gasteiger partial charge in [0.2, 0.25) is 0 Å². The van der Waals surface area contributed by atoms with Gasteiger partial charge in [-0.25, -0.2) is 4.57 Å². The van der Waals surface area contributed by atoms with E-state index in [4.69, 9.17) is 9.47 Å². The summed E-state index contributed by atoms with van der Waals surface area (Å²) in [6, 6.07) is 12.5. The fraction of sp³-hybridized carbons (Fsp3) is 0.316. The first-order valence-electron chi connectivity index (χ1n) is 8.07. The van der Waals surface area contributed by atoms with Crippen molar-refractivity contribution < 1.29 is 26.4 Å². The van der Waals surface area contributed by atoms with E-state index in [1.54, 1.807) is 0 Å². The Morgan fingerprint density at radius 1 is 1.12 bits per heavy atom. The van der Waals surface area contributed by atoms with Crippen molar-refractivity contribution in [2.45, 2.75) is 25.7 Å². The number of ether oxygens (including phenoxy) is 2. The van der Waals surface area contributed by atoms with Crippen LogP contribution in [0.15, 0.2) is 55.0 Å². The van der Waals surface area contributed by atoms with Crippen LogP contribution in [0.3, 0.4) is 0 Å². The first kappa shape index (κ1) is 17.0. The molecule has 4 nitrogen and oxygen atoms in total. The average molecular weight is 345 g/mol. The van der Waals surface area contributed by atoms with E-state index in [1.807, 2.05) is 6.92 Å². The van der Waals surface area contributed by atoms with Gasteiger partial charge in [0.15, 0.2) is 24.7 Å². The van der Waals surface area contributed by atoms with Gasteiger partial charge in [0.25, 0.3) is 0 Å². The minimum atomic E-state index is -0.607. The summed E-state index contributed by atoms with van der Waals surface area (Å²) < 4.78 is 13.7. The van der Waals surface area contributed by atoms with Crippen molar-refractivity contribution in [3.63, 3.8) is 0 Å². The highest BCUT2D eigenvalue weighted by Crippen LogP contribution is 2.29. The SMILES string of the molecule is CC1(c2ccc[n+](CCc3c[nH]c4ccccc34)c2)OCCO1.[Cl-]. The Morgan fingerprint density at radius 3 is 2.75 bits per heavy atom. The van der Waals surface area contributed by atoms with Crippen LogP contribution in [0.25, 0.3) is 10.9 Å². The molecule has 0 amide bonds. The maximum Gasteiger partial charge on any atom is 0.197 e. The van der Waals surface area contributed by atoms with E-state index in [2.05, 4.69) is 64.5 Å². The number of nitrogens with zero attached hydrogens (tertiary/aromatic N) is 1. The lowest BCUT2D eigenvalue weighted by atomic mass is 10.1. The molecule has 1 aliphatic heterocycles. The van der Waals surface area contributed by atoms with Gasteiger partial charge in [0, 0.05) is 29.6 Å². The summed E-state index contributed by atoms with van der Waals surface area (Å²) in [5, 5.41) is 1.30. The normalized spacial score (nSPS) is 16.2. The van der Waals surface area contributed by atoms with Crippen LogP contribution in [0.1, 0.15) is 18.1 Å². The van der Waals surface area contributed by atoms with E-state index in [-0.39, 0.29) is 12.4 Å². The number of hydrogen-bond donors (Lipinski definition) is 1. The Hall–Kier alpha value is -1.88. The van der Waals surface area contributed by atoms with Crippen molar-refractivity contribution in [2.75, 3.05) is 13.2 Å². The van der Waals surface area contributed by atoms with Gasteiger partial charge in [0.1, 0.15) is 0 Å². The molecule has 24 heavy (non-hydrogen) atoms. The predicted molar refractivity (Wildman–Crippen MR) is 87.9 cm³/mol. The van der Waals surface area contributed by atoms with E-state index in [0.29, 0.717) is 13.2 Å². The number of benzene rings is 1. The Kier molecular flexibility index (Phi) is 4.90. The van der Waals surface area contributed by atoms with Crippen LogP contribution >= 0.6 is 0 Å². The maximum atomic E-state index is 5.75. The molecule has 0 atom stereocenters. The second kappa shape index (κ2) is 6.93. The van der Waals surface area contributed by atoms with E-state index in [0.717, 1.165) is 18.5 Å². The summed E-state index contributed by atoms with van der Waals surface area (Å²) in [5.41, 5.74) is 3.61. The summed E-state index contributed by atoms with van der Waals surface area (Å²) >= 11 is 0. The van der Waals surface area contributed by atoms with Gasteiger partial charge in [-0.2, -0.15) is 0 Å². The van der Waals surface area contributed by atoms with Gasteiger partial charge < -0.3 is 26.9 Å². The van der Waals surface area contributed by atoms with Crippen LogP contribution in [0.4, 0.5) is 0 Å². The van der Waals surface area contributed by atoms with Gasteiger partial charge >= 0.3 is 0 Å². The third-order valence-electron chi connectivity index (χ3n) is 4.54. The fourth-order valence-electron chi connectivity index (χ4n) is 3.20. The number of rotatable bonds is 4. The van der Waals surface area contributed by atoms with Gasteiger partial charge in [-0.3, -0.25) is 0 Å². The van der Waals surface area contributed by atoms with Crippen LogP contribution in [0.2, 0.25) is 0 Å². The number of aromatic nitrogens is 2. The molecule has 3 aromatic rings. The van der Waals surface area contributed by atoms with Crippen molar-refractivity contribution in [3.05, 3.63) is 66.1 Å². The minimum absolute atomic E-state index is 0. The second-order valence-corrected chi connectivity index (χ2v) is 6.08. The number of para-hydroxylation sites is 1. The highest BCUT2D eigenvalue weighted by molar-refractivity contribution is 5.82. The Labute approximate surface area is 147 Å². The van der Waals surface area contributed by atoms with Crippen LogP contribution in [0, 0.1) is 0 Å². The summed E-state index contributed by atoms with van der Waals surface area (Å²) in [4.78, 5) is 3.34. The molecule has 0 saturated carbocycles. The number of fused-ring (bicyclic) bond motifs is 1. The molecule has 1 N–H and O–H groups in total. The summed E-state index contributed by atoms with van der Waals surface area (Å²) in [6.45, 7) is 4.21. The third kappa shape index (κ3) is 3.18. The number of aromatic amines is 1. The fourth-order valence-corrected chi connectivity index (χ4v) is 3.20. The quantitative estimate of drug-likeness (QED) is 0.672. The summed E-state index contributed by atoms with van der Waals surface area (Å²) in [5.74, 6) is -0.607. The van der Waals surface area contributed by atoms with Crippen molar-refractivity contribution in [2.24, 2.45) is 0 Å². The molecule has 0 bridgehead atoms. The Bertz CT molecular complexity index is 825. The van der Waals surface area contributed by atoms with E-state index in [1.165, 1.54) is 16.5 Å². The zero-order valence-corrected chi connectivity index (χ0v) is 14.4. The largest absolute Gasteiger partial charge is 1.00 e. The van der Waals surface area contributed by atoms with Crippen LogP contribution in [0.5, 0.6) is 0 Å². The van der Waals surface area contributed by atoms with Crippen molar-refractivity contribution >= 4 is 10.9 Å². The first-order chi connectivity index (χ1) is 11.2. The summed E-state index contributed by atoms with van der Waals surface area (Å²) in [6.07, 6.45) is 7.31. The van der Waals surface area contributed by atoms with Gasteiger partial charge in [-0.15, -0.1) is 0 Å². The minimum Gasteiger partial charge on any atom is -1.00 e. The maximum absolute atomic E-state index is 5.75. The lowest BCUT2D eigenvalue weighted by Gasteiger charge is -2.21. The standard InChI is InChI=1S/C19H21N2O2.ClH/c1-19(22-11-12-23-19)16-5-4-9-21(14-16)10-8-15-13-20-18-7-3-2-6-17(15)18;/h2-7,9,13-14,20H,8,10-12H2,1H3;1H/q+1;/p-1. The second-order valence-electron chi connectivity index (χ2n) is 6.08. The molecule has 1 fully saturated rings. The van der Waals surface area contributed by atoms with Crippen molar-refractivity contribution in [1.29, 1.82) is 0 Å². The Morgan fingerprint density at radius 2 is 1.92 bits per heavy atom. The molecule has 0 spiro atoms. The van der Waals surface area contributed by atoms with Gasteiger partial charge in [0.05, 0.1) is 18.8 Å². The summed E-state index contributed by atoms with van der Waals surface area (Å²) in [7, 11) is 0. The molecule has 1 aliphatic rings. The number of halogens is 1. The zero-order chi connectivity index (χ0) is 15.7. The molecule has 0 unspecified atom stereocenters.